The van der Waals surface area contributed by atoms with Crippen molar-refractivity contribution in [1.82, 2.24) is 4.98 Å². The maximum absolute atomic E-state index is 12.4. The van der Waals surface area contributed by atoms with Crippen LogP contribution in [0.2, 0.25) is 0 Å². The molecule has 3 rings (SSSR count). The van der Waals surface area contributed by atoms with Crippen molar-refractivity contribution in [3.63, 3.8) is 0 Å². The van der Waals surface area contributed by atoms with Crippen molar-refractivity contribution >= 4 is 34.0 Å². The summed E-state index contributed by atoms with van der Waals surface area (Å²) in [6, 6.07) is 14.7. The Morgan fingerprint density at radius 2 is 1.74 bits per heavy atom. The van der Waals surface area contributed by atoms with Gasteiger partial charge in [-0.05, 0) is 35.2 Å². The summed E-state index contributed by atoms with van der Waals surface area (Å²) in [5.41, 5.74) is 2.83. The zero-order valence-corrected chi connectivity index (χ0v) is 19.2. The molecule has 0 N–H and O–H groups in total. The summed E-state index contributed by atoms with van der Waals surface area (Å²) < 4.78 is 10.8. The third kappa shape index (κ3) is 5.30. The average molecular weight is 439 g/mol. The lowest BCUT2D eigenvalue weighted by atomic mass is 9.87. The van der Waals surface area contributed by atoms with Crippen LogP contribution in [-0.4, -0.2) is 24.0 Å². The Morgan fingerprint density at radius 3 is 2.35 bits per heavy atom. The Bertz CT molecular complexity index is 1070. The summed E-state index contributed by atoms with van der Waals surface area (Å²) in [7, 11) is 1.55. The first-order valence-corrected chi connectivity index (χ1v) is 10.7. The van der Waals surface area contributed by atoms with E-state index in [0.29, 0.717) is 27.8 Å². The normalized spacial score (nSPS) is 11.1. The summed E-state index contributed by atoms with van der Waals surface area (Å²) in [5, 5.41) is 2.26. The minimum absolute atomic E-state index is 0.0173. The first-order valence-electron chi connectivity index (χ1n) is 9.86. The van der Waals surface area contributed by atoms with Crippen molar-refractivity contribution in [2.75, 3.05) is 12.0 Å². The molecule has 1 amide bonds. The Kier molecular flexibility index (Phi) is 6.75. The number of carbonyl (C=O) groups excluding carboxylic acids is 2. The molecule has 0 unspecified atom stereocenters. The molecule has 0 spiro atoms. The third-order valence-corrected chi connectivity index (χ3v) is 5.58. The van der Waals surface area contributed by atoms with Crippen molar-refractivity contribution in [3.8, 4) is 5.75 Å². The van der Waals surface area contributed by atoms with Gasteiger partial charge in [0.2, 0.25) is 5.91 Å². The van der Waals surface area contributed by atoms with Crippen LogP contribution in [0.3, 0.4) is 0 Å². The molecule has 0 atom stereocenters. The van der Waals surface area contributed by atoms with E-state index in [0.717, 1.165) is 5.56 Å². The van der Waals surface area contributed by atoms with Crippen LogP contribution < -0.4 is 9.64 Å². The number of carbonyl (C=O) groups is 2. The van der Waals surface area contributed by atoms with Crippen LogP contribution in [0.4, 0.5) is 10.8 Å². The number of rotatable bonds is 6. The van der Waals surface area contributed by atoms with Gasteiger partial charge in [0.05, 0.1) is 24.1 Å². The molecule has 0 radical (unpaired) electrons. The molecule has 6 nitrogen and oxygen atoms in total. The van der Waals surface area contributed by atoms with Gasteiger partial charge in [-0.15, -0.1) is 11.3 Å². The molecule has 162 valence electrons. The summed E-state index contributed by atoms with van der Waals surface area (Å²) in [6.07, 6.45) is 0. The molecule has 0 saturated heterocycles. The number of anilines is 2. The van der Waals surface area contributed by atoms with E-state index in [2.05, 4.69) is 25.8 Å². The van der Waals surface area contributed by atoms with E-state index in [1.807, 2.05) is 24.3 Å². The number of aromatic nitrogens is 1. The molecule has 1 aromatic heterocycles. The van der Waals surface area contributed by atoms with Crippen LogP contribution in [-0.2, 0) is 21.6 Å². The molecule has 7 heteroatoms. The van der Waals surface area contributed by atoms with Gasteiger partial charge in [-0.2, -0.15) is 0 Å². The largest absolute Gasteiger partial charge is 0.495 e. The standard InChI is InChI=1S/C24H26N2O4S/c1-16(27)26(20-8-6-7-9-21(20)29-5)23-25-19(15-31-23)14-30-22(28)17-10-12-18(13-11-17)24(2,3)4/h6-13,15H,14H2,1-5H3. The Hall–Kier alpha value is -3.19. The first kappa shape index (κ1) is 22.5. The van der Waals surface area contributed by atoms with Crippen LogP contribution in [0.5, 0.6) is 5.75 Å². The van der Waals surface area contributed by atoms with Gasteiger partial charge >= 0.3 is 5.97 Å². The highest BCUT2D eigenvalue weighted by molar-refractivity contribution is 7.14. The average Bonchev–Trinajstić information content (AvgIpc) is 3.20. The maximum Gasteiger partial charge on any atom is 0.338 e. The molecule has 3 aromatic rings. The third-order valence-electron chi connectivity index (χ3n) is 4.71. The SMILES string of the molecule is COc1ccccc1N(C(C)=O)c1nc(COC(=O)c2ccc(C(C)(C)C)cc2)cs1. The highest BCUT2D eigenvalue weighted by atomic mass is 32.1. The van der Waals surface area contributed by atoms with Gasteiger partial charge in [-0.25, -0.2) is 9.78 Å². The Morgan fingerprint density at radius 1 is 1.06 bits per heavy atom. The smallest absolute Gasteiger partial charge is 0.338 e. The van der Waals surface area contributed by atoms with E-state index in [1.54, 1.807) is 36.8 Å². The second kappa shape index (κ2) is 9.31. The van der Waals surface area contributed by atoms with Gasteiger partial charge < -0.3 is 9.47 Å². The summed E-state index contributed by atoms with van der Waals surface area (Å²) in [4.78, 5) is 30.7. The number of para-hydroxylation sites is 2. The Balaban J connectivity index is 1.71. The van der Waals surface area contributed by atoms with Crippen molar-refractivity contribution in [2.45, 2.75) is 39.7 Å². The van der Waals surface area contributed by atoms with Crippen molar-refractivity contribution < 1.29 is 19.1 Å². The summed E-state index contributed by atoms with van der Waals surface area (Å²) in [5.74, 6) is -0.0379. The highest BCUT2D eigenvalue weighted by Gasteiger charge is 2.21. The van der Waals surface area contributed by atoms with Crippen LogP contribution in [0, 0.1) is 0 Å². The molecule has 0 fully saturated rings. The number of amides is 1. The predicted molar refractivity (Wildman–Crippen MR) is 122 cm³/mol. The zero-order valence-electron chi connectivity index (χ0n) is 18.3. The van der Waals surface area contributed by atoms with Crippen LogP contribution in [0.15, 0.2) is 53.9 Å². The number of hydrogen-bond donors (Lipinski definition) is 0. The fourth-order valence-corrected chi connectivity index (χ4v) is 3.88. The second-order valence-electron chi connectivity index (χ2n) is 8.05. The van der Waals surface area contributed by atoms with E-state index in [-0.39, 0.29) is 17.9 Å². The van der Waals surface area contributed by atoms with Crippen LogP contribution in [0.25, 0.3) is 0 Å². The second-order valence-corrected chi connectivity index (χ2v) is 8.89. The molecule has 0 bridgehead atoms. The van der Waals surface area contributed by atoms with Gasteiger partial charge in [0.15, 0.2) is 5.13 Å². The zero-order chi connectivity index (χ0) is 22.6. The maximum atomic E-state index is 12.4. The topological polar surface area (TPSA) is 68.7 Å². The Labute approximate surface area is 186 Å². The lowest BCUT2D eigenvalue weighted by molar-refractivity contribution is -0.115. The van der Waals surface area contributed by atoms with Crippen molar-refractivity contribution in [3.05, 3.63) is 70.7 Å². The van der Waals surface area contributed by atoms with Gasteiger partial charge in [-0.3, -0.25) is 9.69 Å². The van der Waals surface area contributed by atoms with Gasteiger partial charge in [-0.1, -0.05) is 45.0 Å². The lowest BCUT2D eigenvalue weighted by Crippen LogP contribution is -2.23. The van der Waals surface area contributed by atoms with Gasteiger partial charge in [0, 0.05) is 12.3 Å². The van der Waals surface area contributed by atoms with Crippen LogP contribution in [0.1, 0.15) is 49.3 Å². The number of ether oxygens (including phenoxy) is 2. The van der Waals surface area contributed by atoms with Crippen LogP contribution >= 0.6 is 11.3 Å². The number of nitrogens with zero attached hydrogens (tertiary/aromatic N) is 2. The number of esters is 1. The molecule has 0 aliphatic rings. The molecule has 0 saturated carbocycles. The van der Waals surface area contributed by atoms with Gasteiger partial charge in [0.25, 0.3) is 0 Å². The minimum atomic E-state index is -0.414. The quantitative estimate of drug-likeness (QED) is 0.476. The van der Waals surface area contributed by atoms with E-state index in [4.69, 9.17) is 9.47 Å². The number of benzene rings is 2. The molecular formula is C24H26N2O4S. The molecule has 31 heavy (non-hydrogen) atoms. The van der Waals surface area contributed by atoms with Crippen molar-refractivity contribution in [2.24, 2.45) is 0 Å². The number of thiazole rings is 1. The number of hydrogen-bond acceptors (Lipinski definition) is 6. The van der Waals surface area contributed by atoms with E-state index in [1.165, 1.54) is 23.2 Å². The monoisotopic (exact) mass is 438 g/mol. The van der Waals surface area contributed by atoms with E-state index < -0.39 is 5.97 Å². The molecule has 2 aromatic carbocycles. The fourth-order valence-electron chi connectivity index (χ4n) is 3.02. The summed E-state index contributed by atoms with van der Waals surface area (Å²) >= 11 is 1.30. The van der Waals surface area contributed by atoms with E-state index in [9.17, 15) is 9.59 Å². The fraction of sp³-hybridized carbons (Fsp3) is 0.292. The molecular weight excluding hydrogens is 412 g/mol. The van der Waals surface area contributed by atoms with Gasteiger partial charge in [0.1, 0.15) is 12.4 Å². The van der Waals surface area contributed by atoms with E-state index >= 15 is 0 Å². The molecule has 0 aliphatic heterocycles. The molecule has 0 aliphatic carbocycles. The van der Waals surface area contributed by atoms with Crippen molar-refractivity contribution in [1.29, 1.82) is 0 Å². The lowest BCUT2D eigenvalue weighted by Gasteiger charge is -2.20. The predicted octanol–water partition coefficient (Wildman–Crippen LogP) is 5.49. The summed E-state index contributed by atoms with van der Waals surface area (Å²) in [6.45, 7) is 7.85. The number of methoxy groups -OCH3 is 1. The molecule has 1 heterocycles. The highest BCUT2D eigenvalue weighted by Crippen LogP contribution is 2.35. The first-order chi connectivity index (χ1) is 14.7. The minimum Gasteiger partial charge on any atom is -0.495 e.